The number of carbonyl (C=O) groups is 2. The van der Waals surface area contributed by atoms with Gasteiger partial charge in [0.15, 0.2) is 16.8 Å². The van der Waals surface area contributed by atoms with Crippen molar-refractivity contribution in [3.8, 4) is 11.1 Å². The van der Waals surface area contributed by atoms with Crippen molar-refractivity contribution in [1.29, 1.82) is 0 Å². The molecular formula is C42H50N10O3S2. The van der Waals surface area contributed by atoms with Crippen LogP contribution >= 0.6 is 23.3 Å². The lowest BCUT2D eigenvalue weighted by molar-refractivity contribution is -0.142. The van der Waals surface area contributed by atoms with E-state index in [0.29, 0.717) is 48.9 Å². The molecule has 1 aliphatic heterocycles. The van der Waals surface area contributed by atoms with Crippen LogP contribution in [0.15, 0.2) is 77.8 Å². The first-order chi connectivity index (χ1) is 27.3. The monoisotopic (exact) mass is 806 g/mol. The van der Waals surface area contributed by atoms with Gasteiger partial charge in [-0.3, -0.25) is 19.0 Å². The van der Waals surface area contributed by atoms with Gasteiger partial charge in [-0.05, 0) is 104 Å². The highest BCUT2D eigenvalue weighted by atomic mass is 32.2. The van der Waals surface area contributed by atoms with Crippen LogP contribution in [0.2, 0.25) is 0 Å². The van der Waals surface area contributed by atoms with Gasteiger partial charge in [-0.15, -0.1) is 10.2 Å². The topological polar surface area (TPSA) is 154 Å². The maximum atomic E-state index is 14.1. The van der Waals surface area contributed by atoms with Gasteiger partial charge in [0.2, 0.25) is 0 Å². The van der Waals surface area contributed by atoms with Crippen LogP contribution < -0.4 is 19.8 Å². The standard InChI is InChI=1S/C40H44N10O3S2.C2H6/c1-24-21-34(45-46-36(24)44-39-42-31-9-7-8-10-32(31)54-39)48(6)33-16-15-29(30-22-41-50(25(30)2)23-40(3,4)5)35(43-33)37(51)47-55-28-13-11-27(12-14-28)49-19-17-26(18-20-49)38(52)53;1-2/h7-16,21-22,26H,17-20,23H2,1-6H3,(H,47,51)(H,52,53)(H,42,44,46);1-2H3. The summed E-state index contributed by atoms with van der Waals surface area (Å²) in [7, 11) is 1.85. The van der Waals surface area contributed by atoms with Crippen LogP contribution in [-0.2, 0) is 11.3 Å². The molecule has 0 saturated carbocycles. The number of nitrogens with zero attached hydrogens (tertiary/aromatic N) is 8. The number of piperidine rings is 1. The first kappa shape index (κ1) is 41.1. The number of anilines is 5. The molecule has 5 heterocycles. The Morgan fingerprint density at radius 3 is 2.33 bits per heavy atom. The molecule has 0 bridgehead atoms. The van der Waals surface area contributed by atoms with Gasteiger partial charge in [0.25, 0.3) is 5.91 Å². The number of carboxylic acid groups (broad SMARTS) is 1. The highest BCUT2D eigenvalue weighted by Gasteiger charge is 2.25. The summed E-state index contributed by atoms with van der Waals surface area (Å²) in [5, 5.41) is 27.1. The molecule has 1 saturated heterocycles. The van der Waals surface area contributed by atoms with Gasteiger partial charge in [-0.1, -0.05) is 58.1 Å². The number of para-hydroxylation sites is 1. The number of pyridine rings is 1. The van der Waals surface area contributed by atoms with Crippen LogP contribution in [0.3, 0.4) is 0 Å². The van der Waals surface area contributed by atoms with Crippen LogP contribution in [0.25, 0.3) is 21.3 Å². The van der Waals surface area contributed by atoms with Gasteiger partial charge in [0, 0.05) is 54.1 Å². The summed E-state index contributed by atoms with van der Waals surface area (Å²) in [5.74, 6) is 0.333. The second-order valence-corrected chi connectivity index (χ2v) is 16.9. The second-order valence-electron chi connectivity index (χ2n) is 15.0. The molecule has 6 aromatic rings. The molecule has 4 aromatic heterocycles. The first-order valence-electron chi connectivity index (χ1n) is 19.1. The number of benzene rings is 2. The number of nitrogens with one attached hydrogen (secondary N) is 2. The normalized spacial score (nSPS) is 13.2. The van der Waals surface area contributed by atoms with Gasteiger partial charge < -0.3 is 20.2 Å². The van der Waals surface area contributed by atoms with Crippen molar-refractivity contribution in [2.24, 2.45) is 11.3 Å². The van der Waals surface area contributed by atoms with Gasteiger partial charge in [-0.2, -0.15) is 5.10 Å². The molecule has 298 valence electrons. The molecular weight excluding hydrogens is 757 g/mol. The highest BCUT2D eigenvalue weighted by molar-refractivity contribution is 7.98. The fraction of sp³-hybridized carbons (Fsp3) is 0.357. The quantitative estimate of drug-likeness (QED) is 0.107. The highest BCUT2D eigenvalue weighted by Crippen LogP contribution is 2.33. The summed E-state index contributed by atoms with van der Waals surface area (Å²) in [6, 6.07) is 21.6. The minimum Gasteiger partial charge on any atom is -0.481 e. The average Bonchev–Trinajstić information content (AvgIpc) is 3.79. The summed E-state index contributed by atoms with van der Waals surface area (Å²) in [6.45, 7) is 16.6. The molecule has 1 fully saturated rings. The predicted molar refractivity (Wildman–Crippen MR) is 231 cm³/mol. The summed E-state index contributed by atoms with van der Waals surface area (Å²) in [5.41, 5.74) is 5.54. The Kier molecular flexibility index (Phi) is 12.8. The predicted octanol–water partition coefficient (Wildman–Crippen LogP) is 9.28. The fourth-order valence-corrected chi connectivity index (χ4v) is 7.96. The fourth-order valence-electron chi connectivity index (χ4n) is 6.51. The van der Waals surface area contributed by atoms with Gasteiger partial charge in [0.1, 0.15) is 11.5 Å². The number of aryl methyl sites for hydroxylation is 1. The molecule has 0 spiro atoms. The minimum atomic E-state index is -0.724. The molecule has 13 nitrogen and oxygen atoms in total. The third-order valence-electron chi connectivity index (χ3n) is 9.60. The van der Waals surface area contributed by atoms with Crippen LogP contribution in [0.4, 0.5) is 28.3 Å². The number of amides is 1. The largest absolute Gasteiger partial charge is 0.481 e. The number of aromatic nitrogens is 6. The minimum absolute atomic E-state index is 0.0127. The zero-order valence-corrected chi connectivity index (χ0v) is 35.3. The number of hydrogen-bond donors (Lipinski definition) is 3. The number of carbonyl (C=O) groups excluding carboxylic acids is 1. The van der Waals surface area contributed by atoms with Gasteiger partial charge >= 0.3 is 5.97 Å². The third kappa shape index (κ3) is 9.71. The van der Waals surface area contributed by atoms with E-state index in [2.05, 4.69) is 56.0 Å². The Morgan fingerprint density at radius 1 is 0.947 bits per heavy atom. The molecule has 0 radical (unpaired) electrons. The van der Waals surface area contributed by atoms with E-state index >= 15 is 0 Å². The van der Waals surface area contributed by atoms with Crippen molar-refractivity contribution in [1.82, 2.24) is 34.7 Å². The van der Waals surface area contributed by atoms with Crippen molar-refractivity contribution in [3.05, 3.63) is 89.9 Å². The van der Waals surface area contributed by atoms with Gasteiger partial charge in [-0.25, -0.2) is 9.97 Å². The number of thiazole rings is 1. The van der Waals surface area contributed by atoms with Crippen LogP contribution in [0.1, 0.15) is 69.2 Å². The summed E-state index contributed by atoms with van der Waals surface area (Å²) < 4.78 is 6.07. The Hall–Kier alpha value is -5.54. The lowest BCUT2D eigenvalue weighted by Gasteiger charge is -2.32. The number of fused-ring (bicyclic) bond motifs is 1. The number of hydrogen-bond acceptors (Lipinski definition) is 12. The van der Waals surface area contributed by atoms with E-state index in [1.807, 2.05) is 111 Å². The number of rotatable bonds is 11. The zero-order chi connectivity index (χ0) is 40.9. The van der Waals surface area contributed by atoms with E-state index in [-0.39, 0.29) is 22.9 Å². The Balaban J connectivity index is 0.00000270. The van der Waals surface area contributed by atoms with E-state index in [1.165, 1.54) is 11.9 Å². The molecule has 0 atom stereocenters. The van der Waals surface area contributed by atoms with Crippen molar-refractivity contribution in [2.45, 2.75) is 72.7 Å². The van der Waals surface area contributed by atoms with Crippen LogP contribution in [0.5, 0.6) is 0 Å². The van der Waals surface area contributed by atoms with E-state index in [1.54, 1.807) is 17.5 Å². The number of carboxylic acids is 1. The van der Waals surface area contributed by atoms with Crippen molar-refractivity contribution in [3.63, 3.8) is 0 Å². The number of aliphatic carboxylic acids is 1. The van der Waals surface area contributed by atoms with E-state index < -0.39 is 5.97 Å². The lowest BCUT2D eigenvalue weighted by Crippen LogP contribution is -2.36. The summed E-state index contributed by atoms with van der Waals surface area (Å²) in [6.07, 6.45) is 3.05. The lowest BCUT2D eigenvalue weighted by atomic mass is 9.97. The van der Waals surface area contributed by atoms with E-state index in [9.17, 15) is 14.7 Å². The van der Waals surface area contributed by atoms with Crippen LogP contribution in [0, 0.1) is 25.2 Å². The molecule has 1 aliphatic rings. The summed E-state index contributed by atoms with van der Waals surface area (Å²) >= 11 is 2.77. The average molecular weight is 807 g/mol. The van der Waals surface area contributed by atoms with Crippen molar-refractivity contribution >= 4 is 73.7 Å². The molecule has 7 rings (SSSR count). The third-order valence-corrected chi connectivity index (χ3v) is 11.3. The molecule has 57 heavy (non-hydrogen) atoms. The van der Waals surface area contributed by atoms with Crippen molar-refractivity contribution < 1.29 is 14.7 Å². The Morgan fingerprint density at radius 2 is 1.67 bits per heavy atom. The molecule has 3 N–H and O–H groups in total. The molecule has 0 unspecified atom stereocenters. The van der Waals surface area contributed by atoms with Crippen LogP contribution in [-0.4, -0.2) is 67.1 Å². The first-order valence-corrected chi connectivity index (χ1v) is 20.8. The maximum Gasteiger partial charge on any atom is 0.306 e. The zero-order valence-electron chi connectivity index (χ0n) is 33.7. The molecule has 0 aliphatic carbocycles. The Labute approximate surface area is 342 Å². The van der Waals surface area contributed by atoms with E-state index in [4.69, 9.17) is 4.98 Å². The maximum absolute atomic E-state index is 14.1. The SMILES string of the molecule is CC.Cc1cc(N(C)c2ccc(-c3cnn(CC(C)(C)C)c3C)c(C(=O)NSc3ccc(N4CCC(C(=O)O)CC4)cc3)n2)nnc1Nc1nc2ccccc2s1. The van der Waals surface area contributed by atoms with Crippen molar-refractivity contribution in [2.75, 3.05) is 35.3 Å². The second kappa shape index (κ2) is 17.7. The molecule has 1 amide bonds. The smallest absolute Gasteiger partial charge is 0.306 e. The molecule has 15 heteroatoms. The van der Waals surface area contributed by atoms with E-state index in [0.717, 1.165) is 49.3 Å². The molecule has 2 aromatic carbocycles. The summed E-state index contributed by atoms with van der Waals surface area (Å²) in [4.78, 5) is 39.9. The van der Waals surface area contributed by atoms with Gasteiger partial charge in [0.05, 0.1) is 22.3 Å². The Bertz CT molecular complexity index is 2310.